The number of amides is 1. The van der Waals surface area contributed by atoms with E-state index in [1.165, 1.54) is 25.0 Å². The fourth-order valence-electron chi connectivity index (χ4n) is 3.63. The van der Waals surface area contributed by atoms with Crippen LogP contribution in [-0.4, -0.2) is 26.4 Å². The Hall–Kier alpha value is -1.70. The quantitative estimate of drug-likeness (QED) is 0.586. The van der Waals surface area contributed by atoms with Crippen LogP contribution in [0.2, 0.25) is 0 Å². The minimum atomic E-state index is -3.82. The summed E-state index contributed by atoms with van der Waals surface area (Å²) in [5.41, 5.74) is 0.909. The molecule has 0 spiro atoms. The zero-order valence-electron chi connectivity index (χ0n) is 16.3. The maximum absolute atomic E-state index is 13.0. The van der Waals surface area contributed by atoms with Crippen molar-refractivity contribution in [3.05, 3.63) is 64.6 Å². The highest BCUT2D eigenvalue weighted by Crippen LogP contribution is 2.19. The van der Waals surface area contributed by atoms with E-state index >= 15 is 0 Å². The first-order valence-electron chi connectivity index (χ1n) is 10.1. The largest absolute Gasteiger partial charge is 0.352 e. The highest BCUT2D eigenvalue weighted by Gasteiger charge is 2.27. The van der Waals surface area contributed by atoms with Gasteiger partial charge in [-0.2, -0.15) is 4.72 Å². The molecule has 0 bridgehead atoms. The smallest absolute Gasteiger partial charge is 0.241 e. The lowest BCUT2D eigenvalue weighted by Gasteiger charge is -2.23. The maximum atomic E-state index is 13.0. The van der Waals surface area contributed by atoms with Crippen molar-refractivity contribution in [2.75, 3.05) is 0 Å². The SMILES string of the molecule is O=C(NC1CCCCCC1)[C@H](Cc1ccccc1)NS(=O)(=O)c1ccc(Br)cc1. The Labute approximate surface area is 181 Å². The third-order valence-electron chi connectivity index (χ3n) is 5.22. The van der Waals surface area contributed by atoms with Crippen molar-refractivity contribution in [1.82, 2.24) is 10.0 Å². The molecule has 156 valence electrons. The molecule has 1 fully saturated rings. The predicted molar refractivity (Wildman–Crippen MR) is 118 cm³/mol. The van der Waals surface area contributed by atoms with Gasteiger partial charge in [0.05, 0.1) is 4.90 Å². The maximum Gasteiger partial charge on any atom is 0.241 e. The molecular weight excluding hydrogens is 452 g/mol. The molecule has 3 rings (SSSR count). The standard InChI is InChI=1S/C22H27BrN2O3S/c23-18-12-14-20(15-13-18)29(27,28)25-21(16-17-8-4-3-5-9-17)22(26)24-19-10-6-1-2-7-11-19/h3-5,8-9,12-15,19,21,25H,1-2,6-7,10-11,16H2,(H,24,26)/t21-/m0/s1. The molecule has 2 aromatic rings. The van der Waals surface area contributed by atoms with E-state index < -0.39 is 16.1 Å². The van der Waals surface area contributed by atoms with Gasteiger partial charge >= 0.3 is 0 Å². The molecule has 29 heavy (non-hydrogen) atoms. The van der Waals surface area contributed by atoms with E-state index in [0.29, 0.717) is 6.42 Å². The molecule has 2 aromatic carbocycles. The Morgan fingerprint density at radius 1 is 0.966 bits per heavy atom. The lowest BCUT2D eigenvalue weighted by Crippen LogP contribution is -2.50. The van der Waals surface area contributed by atoms with Crippen LogP contribution in [0.3, 0.4) is 0 Å². The molecule has 1 aliphatic rings. The van der Waals surface area contributed by atoms with Gasteiger partial charge in [-0.3, -0.25) is 4.79 Å². The van der Waals surface area contributed by atoms with Gasteiger partial charge in [0.2, 0.25) is 15.9 Å². The Bertz CT molecular complexity index is 893. The van der Waals surface area contributed by atoms with E-state index in [1.54, 1.807) is 12.1 Å². The van der Waals surface area contributed by atoms with E-state index in [4.69, 9.17) is 0 Å². The van der Waals surface area contributed by atoms with Crippen LogP contribution in [0.1, 0.15) is 44.1 Å². The molecule has 0 aromatic heterocycles. The molecule has 7 heteroatoms. The minimum Gasteiger partial charge on any atom is -0.352 e. The number of carbonyl (C=O) groups excluding carboxylic acids is 1. The van der Waals surface area contributed by atoms with Crippen molar-refractivity contribution < 1.29 is 13.2 Å². The lowest BCUT2D eigenvalue weighted by atomic mass is 10.0. The highest BCUT2D eigenvalue weighted by molar-refractivity contribution is 9.10. The van der Waals surface area contributed by atoms with Gasteiger partial charge < -0.3 is 5.32 Å². The molecule has 0 heterocycles. The first kappa shape index (κ1) is 22.0. The highest BCUT2D eigenvalue weighted by atomic mass is 79.9. The molecule has 0 saturated heterocycles. The number of carbonyl (C=O) groups is 1. The monoisotopic (exact) mass is 478 g/mol. The van der Waals surface area contributed by atoms with E-state index in [9.17, 15) is 13.2 Å². The van der Waals surface area contributed by atoms with Crippen LogP contribution in [0.5, 0.6) is 0 Å². The molecule has 5 nitrogen and oxygen atoms in total. The average molecular weight is 479 g/mol. The Kier molecular flexibility index (Phi) is 7.86. The number of hydrogen-bond acceptors (Lipinski definition) is 3. The molecule has 1 amide bonds. The molecule has 1 saturated carbocycles. The summed E-state index contributed by atoms with van der Waals surface area (Å²) in [5, 5.41) is 3.09. The van der Waals surface area contributed by atoms with Gasteiger partial charge in [-0.1, -0.05) is 71.9 Å². The summed E-state index contributed by atoms with van der Waals surface area (Å²) in [6.07, 6.45) is 6.77. The van der Waals surface area contributed by atoms with Crippen molar-refractivity contribution in [3.8, 4) is 0 Å². The Morgan fingerprint density at radius 2 is 1.59 bits per heavy atom. The van der Waals surface area contributed by atoms with Gasteiger partial charge in [0.1, 0.15) is 6.04 Å². The fraction of sp³-hybridized carbons (Fsp3) is 0.409. The summed E-state index contributed by atoms with van der Waals surface area (Å²) in [5.74, 6) is -0.263. The summed E-state index contributed by atoms with van der Waals surface area (Å²) < 4.78 is 29.2. The average Bonchev–Trinajstić information content (AvgIpc) is 2.97. The van der Waals surface area contributed by atoms with Crippen LogP contribution in [0, 0.1) is 0 Å². The Balaban J connectivity index is 1.78. The number of hydrogen-bond donors (Lipinski definition) is 2. The van der Waals surface area contributed by atoms with Crippen LogP contribution in [-0.2, 0) is 21.2 Å². The second kappa shape index (κ2) is 10.4. The third-order valence-corrected chi connectivity index (χ3v) is 7.24. The molecule has 0 radical (unpaired) electrons. The summed E-state index contributed by atoms with van der Waals surface area (Å²) in [4.78, 5) is 13.2. The van der Waals surface area contributed by atoms with Gasteiger partial charge in [-0.15, -0.1) is 0 Å². The van der Waals surface area contributed by atoms with Gasteiger partial charge in [0.15, 0.2) is 0 Å². The number of halogens is 1. The van der Waals surface area contributed by atoms with E-state index in [2.05, 4.69) is 26.0 Å². The van der Waals surface area contributed by atoms with Crippen molar-refractivity contribution in [2.24, 2.45) is 0 Å². The van der Waals surface area contributed by atoms with Crippen LogP contribution in [0.25, 0.3) is 0 Å². The second-order valence-electron chi connectivity index (χ2n) is 7.51. The molecule has 0 aliphatic heterocycles. The molecule has 0 unspecified atom stereocenters. The van der Waals surface area contributed by atoms with Gasteiger partial charge in [-0.05, 0) is 49.1 Å². The number of benzene rings is 2. The van der Waals surface area contributed by atoms with Crippen LogP contribution in [0.15, 0.2) is 64.0 Å². The minimum absolute atomic E-state index is 0.112. The van der Waals surface area contributed by atoms with E-state index in [1.807, 2.05) is 30.3 Å². The summed E-state index contributed by atoms with van der Waals surface area (Å²) in [6.45, 7) is 0. The Morgan fingerprint density at radius 3 is 2.21 bits per heavy atom. The zero-order valence-corrected chi connectivity index (χ0v) is 18.7. The van der Waals surface area contributed by atoms with Crippen molar-refractivity contribution in [2.45, 2.75) is 61.9 Å². The molecule has 2 N–H and O–H groups in total. The normalized spacial score (nSPS) is 16.7. The van der Waals surface area contributed by atoms with Gasteiger partial charge in [-0.25, -0.2) is 8.42 Å². The van der Waals surface area contributed by atoms with Crippen LogP contribution >= 0.6 is 15.9 Å². The first-order chi connectivity index (χ1) is 13.9. The molecular formula is C22H27BrN2O3S. The van der Waals surface area contributed by atoms with Crippen LogP contribution in [0.4, 0.5) is 0 Å². The summed E-state index contributed by atoms with van der Waals surface area (Å²) in [7, 11) is -3.82. The van der Waals surface area contributed by atoms with Gasteiger partial charge in [0.25, 0.3) is 0 Å². The zero-order chi connectivity index (χ0) is 20.7. The topological polar surface area (TPSA) is 75.3 Å². The van der Waals surface area contributed by atoms with Crippen LogP contribution < -0.4 is 10.0 Å². The number of rotatable bonds is 7. The molecule has 1 aliphatic carbocycles. The van der Waals surface area contributed by atoms with E-state index in [-0.39, 0.29) is 16.8 Å². The summed E-state index contributed by atoms with van der Waals surface area (Å²) in [6, 6.07) is 15.1. The van der Waals surface area contributed by atoms with E-state index in [0.717, 1.165) is 35.7 Å². The fourth-order valence-corrected chi connectivity index (χ4v) is 5.09. The van der Waals surface area contributed by atoms with Crippen molar-refractivity contribution >= 4 is 31.9 Å². The predicted octanol–water partition coefficient (Wildman–Crippen LogP) is 4.18. The molecule has 1 atom stereocenters. The number of nitrogens with one attached hydrogen (secondary N) is 2. The van der Waals surface area contributed by atoms with Crippen molar-refractivity contribution in [1.29, 1.82) is 0 Å². The summed E-state index contributed by atoms with van der Waals surface area (Å²) >= 11 is 3.31. The van der Waals surface area contributed by atoms with Gasteiger partial charge in [0, 0.05) is 10.5 Å². The first-order valence-corrected chi connectivity index (χ1v) is 12.3. The number of sulfonamides is 1. The second-order valence-corrected chi connectivity index (χ2v) is 10.1. The van der Waals surface area contributed by atoms with Crippen molar-refractivity contribution in [3.63, 3.8) is 0 Å². The lowest BCUT2D eigenvalue weighted by molar-refractivity contribution is -0.123. The third kappa shape index (κ3) is 6.66.